The quantitative estimate of drug-likeness (QED) is 0.812. The number of rotatable bonds is 5. The number of ether oxygens (including phenoxy) is 1. The maximum atomic E-state index is 13.3. The molecule has 21 heavy (non-hydrogen) atoms. The molecule has 0 heterocycles. The van der Waals surface area contributed by atoms with Crippen molar-refractivity contribution in [2.75, 3.05) is 11.9 Å². The van der Waals surface area contributed by atoms with Gasteiger partial charge in [-0.05, 0) is 42.8 Å². The zero-order valence-electron chi connectivity index (χ0n) is 11.5. The fourth-order valence-electron chi connectivity index (χ4n) is 1.89. The molecule has 0 aliphatic rings. The van der Waals surface area contributed by atoms with Gasteiger partial charge in [0, 0.05) is 16.7 Å². The summed E-state index contributed by atoms with van der Waals surface area (Å²) < 4.78 is 19.1. The molecule has 2 aromatic carbocycles. The molecule has 1 N–H and O–H groups in total. The molecule has 2 rings (SSSR count). The standard InChI is InChI=1S/C16H15BrFNO2/c1-2-21-16(20)13-5-3-4-6-15(13)19-10-11-9-12(18)7-8-14(11)17/h3-9,19H,2,10H2,1H3. The number of nitrogens with one attached hydrogen (secondary N) is 1. The van der Waals surface area contributed by atoms with Crippen LogP contribution in [0.4, 0.5) is 10.1 Å². The van der Waals surface area contributed by atoms with Gasteiger partial charge in [0.1, 0.15) is 5.82 Å². The molecule has 0 saturated heterocycles. The van der Waals surface area contributed by atoms with E-state index in [2.05, 4.69) is 21.2 Å². The Bertz CT molecular complexity index is 646. The van der Waals surface area contributed by atoms with Crippen LogP contribution in [-0.2, 0) is 11.3 Å². The van der Waals surface area contributed by atoms with E-state index >= 15 is 0 Å². The van der Waals surface area contributed by atoms with Gasteiger partial charge in [-0.25, -0.2) is 9.18 Å². The van der Waals surface area contributed by atoms with E-state index in [1.54, 1.807) is 31.2 Å². The van der Waals surface area contributed by atoms with Crippen molar-refractivity contribution < 1.29 is 13.9 Å². The molecule has 0 aliphatic carbocycles. The van der Waals surface area contributed by atoms with E-state index in [0.29, 0.717) is 24.4 Å². The lowest BCUT2D eigenvalue weighted by Gasteiger charge is -2.12. The Kier molecular flexibility index (Phi) is 5.33. The highest BCUT2D eigenvalue weighted by molar-refractivity contribution is 9.10. The average Bonchev–Trinajstić information content (AvgIpc) is 2.49. The van der Waals surface area contributed by atoms with Gasteiger partial charge in [0.2, 0.25) is 0 Å². The third-order valence-corrected chi connectivity index (χ3v) is 3.67. The van der Waals surface area contributed by atoms with Crippen LogP contribution in [0.3, 0.4) is 0 Å². The molecule has 0 saturated carbocycles. The normalized spacial score (nSPS) is 10.2. The van der Waals surface area contributed by atoms with Crippen molar-refractivity contribution in [3.63, 3.8) is 0 Å². The minimum Gasteiger partial charge on any atom is -0.462 e. The monoisotopic (exact) mass is 351 g/mol. The van der Waals surface area contributed by atoms with Crippen molar-refractivity contribution in [2.24, 2.45) is 0 Å². The Morgan fingerprint density at radius 1 is 1.29 bits per heavy atom. The zero-order valence-corrected chi connectivity index (χ0v) is 13.1. The van der Waals surface area contributed by atoms with E-state index in [4.69, 9.17) is 4.74 Å². The summed E-state index contributed by atoms with van der Waals surface area (Å²) in [7, 11) is 0. The molecule has 0 amide bonds. The molecule has 110 valence electrons. The molecule has 0 bridgehead atoms. The summed E-state index contributed by atoms with van der Waals surface area (Å²) in [4.78, 5) is 11.9. The number of hydrogen-bond donors (Lipinski definition) is 1. The van der Waals surface area contributed by atoms with Crippen molar-refractivity contribution in [3.8, 4) is 0 Å². The number of hydrogen-bond acceptors (Lipinski definition) is 3. The van der Waals surface area contributed by atoms with E-state index in [9.17, 15) is 9.18 Å². The van der Waals surface area contributed by atoms with E-state index in [-0.39, 0.29) is 11.8 Å². The van der Waals surface area contributed by atoms with Gasteiger partial charge in [-0.3, -0.25) is 0 Å². The fraction of sp³-hybridized carbons (Fsp3) is 0.188. The molecule has 3 nitrogen and oxygen atoms in total. The van der Waals surface area contributed by atoms with Gasteiger partial charge < -0.3 is 10.1 Å². The highest BCUT2D eigenvalue weighted by atomic mass is 79.9. The number of esters is 1. The number of benzene rings is 2. The molecular weight excluding hydrogens is 337 g/mol. The second-order valence-corrected chi connectivity index (χ2v) is 5.21. The first-order chi connectivity index (χ1) is 10.1. The largest absolute Gasteiger partial charge is 0.462 e. The highest BCUT2D eigenvalue weighted by Crippen LogP contribution is 2.21. The molecule has 0 spiro atoms. The summed E-state index contributed by atoms with van der Waals surface area (Å²) in [5, 5.41) is 3.14. The fourth-order valence-corrected chi connectivity index (χ4v) is 2.28. The average molecular weight is 352 g/mol. The maximum Gasteiger partial charge on any atom is 0.340 e. The van der Waals surface area contributed by atoms with E-state index in [0.717, 1.165) is 10.0 Å². The number of anilines is 1. The van der Waals surface area contributed by atoms with Crippen LogP contribution in [0.5, 0.6) is 0 Å². The molecule has 2 aromatic rings. The lowest BCUT2D eigenvalue weighted by Crippen LogP contribution is -2.10. The van der Waals surface area contributed by atoms with Gasteiger partial charge >= 0.3 is 5.97 Å². The lowest BCUT2D eigenvalue weighted by molar-refractivity contribution is 0.0527. The number of para-hydroxylation sites is 1. The Morgan fingerprint density at radius 2 is 2.05 bits per heavy atom. The molecule has 0 radical (unpaired) electrons. The predicted molar refractivity (Wildman–Crippen MR) is 83.8 cm³/mol. The first-order valence-electron chi connectivity index (χ1n) is 6.55. The molecule has 0 unspecified atom stereocenters. The van der Waals surface area contributed by atoms with Crippen molar-refractivity contribution in [1.82, 2.24) is 0 Å². The molecule has 0 atom stereocenters. The Hall–Kier alpha value is -1.88. The first-order valence-corrected chi connectivity index (χ1v) is 7.35. The van der Waals surface area contributed by atoms with Crippen LogP contribution < -0.4 is 5.32 Å². The predicted octanol–water partition coefficient (Wildman–Crippen LogP) is 4.38. The summed E-state index contributed by atoms with van der Waals surface area (Å²) in [6, 6.07) is 11.6. The summed E-state index contributed by atoms with van der Waals surface area (Å²) in [5.41, 5.74) is 1.90. The number of carbonyl (C=O) groups excluding carboxylic acids is 1. The number of carbonyl (C=O) groups is 1. The molecule has 0 fully saturated rings. The van der Waals surface area contributed by atoms with Crippen LogP contribution in [0.2, 0.25) is 0 Å². The Labute approximate surface area is 131 Å². The topological polar surface area (TPSA) is 38.3 Å². The summed E-state index contributed by atoms with van der Waals surface area (Å²) in [5.74, 6) is -0.674. The first kappa shape index (κ1) is 15.5. The second kappa shape index (κ2) is 7.22. The van der Waals surface area contributed by atoms with Crippen molar-refractivity contribution >= 4 is 27.6 Å². The van der Waals surface area contributed by atoms with Crippen LogP contribution in [0.15, 0.2) is 46.9 Å². The van der Waals surface area contributed by atoms with Crippen LogP contribution in [0.25, 0.3) is 0 Å². The minimum atomic E-state index is -0.376. The summed E-state index contributed by atoms with van der Waals surface area (Å²) in [6.45, 7) is 2.48. The van der Waals surface area contributed by atoms with Gasteiger partial charge in [-0.1, -0.05) is 28.1 Å². The molecular formula is C16H15BrFNO2. The summed E-state index contributed by atoms with van der Waals surface area (Å²) >= 11 is 3.38. The van der Waals surface area contributed by atoms with Crippen molar-refractivity contribution in [3.05, 3.63) is 63.9 Å². The van der Waals surface area contributed by atoms with Crippen molar-refractivity contribution in [1.29, 1.82) is 0 Å². The Morgan fingerprint density at radius 3 is 2.81 bits per heavy atom. The Balaban J connectivity index is 2.16. The third kappa shape index (κ3) is 4.04. The van der Waals surface area contributed by atoms with Gasteiger partial charge in [-0.2, -0.15) is 0 Å². The van der Waals surface area contributed by atoms with Crippen LogP contribution in [0, 0.1) is 5.82 Å². The van der Waals surface area contributed by atoms with Gasteiger partial charge in [0.05, 0.1) is 12.2 Å². The SMILES string of the molecule is CCOC(=O)c1ccccc1NCc1cc(F)ccc1Br. The zero-order chi connectivity index (χ0) is 15.2. The van der Waals surface area contributed by atoms with E-state index in [1.165, 1.54) is 12.1 Å². The molecule has 0 aliphatic heterocycles. The molecule has 0 aromatic heterocycles. The van der Waals surface area contributed by atoms with E-state index < -0.39 is 0 Å². The third-order valence-electron chi connectivity index (χ3n) is 2.90. The highest BCUT2D eigenvalue weighted by Gasteiger charge is 2.12. The summed E-state index contributed by atoms with van der Waals surface area (Å²) in [6.07, 6.45) is 0. The second-order valence-electron chi connectivity index (χ2n) is 4.36. The van der Waals surface area contributed by atoms with Crippen LogP contribution >= 0.6 is 15.9 Å². The number of halogens is 2. The smallest absolute Gasteiger partial charge is 0.340 e. The minimum absolute atomic E-state index is 0.298. The van der Waals surface area contributed by atoms with E-state index in [1.807, 2.05) is 6.07 Å². The van der Waals surface area contributed by atoms with Gasteiger partial charge in [0.25, 0.3) is 0 Å². The van der Waals surface area contributed by atoms with Gasteiger partial charge in [-0.15, -0.1) is 0 Å². The molecule has 5 heteroatoms. The van der Waals surface area contributed by atoms with Crippen molar-refractivity contribution in [2.45, 2.75) is 13.5 Å². The van der Waals surface area contributed by atoms with Gasteiger partial charge in [0.15, 0.2) is 0 Å². The van der Waals surface area contributed by atoms with Crippen LogP contribution in [-0.4, -0.2) is 12.6 Å². The lowest BCUT2D eigenvalue weighted by atomic mass is 10.1. The maximum absolute atomic E-state index is 13.3. The van der Waals surface area contributed by atoms with Crippen LogP contribution in [0.1, 0.15) is 22.8 Å².